The summed E-state index contributed by atoms with van der Waals surface area (Å²) >= 11 is 3.61. The smallest absolute Gasteiger partial charge is 0.119 e. The first-order chi connectivity index (χ1) is 14.4. The second kappa shape index (κ2) is 8.27. The van der Waals surface area contributed by atoms with Crippen LogP contribution in [0.4, 0.5) is 0 Å². The molecule has 0 saturated carbocycles. The molecule has 4 heteroatoms. The Morgan fingerprint density at radius 2 is 1.63 bits per heavy atom. The van der Waals surface area contributed by atoms with Gasteiger partial charge >= 0.3 is 0 Å². The molecule has 0 amide bonds. The summed E-state index contributed by atoms with van der Waals surface area (Å²) < 4.78 is 3.22. The van der Waals surface area contributed by atoms with E-state index in [0.29, 0.717) is 12.2 Å². The van der Waals surface area contributed by atoms with Crippen molar-refractivity contribution in [2.24, 2.45) is 0 Å². The molecule has 0 saturated heterocycles. The molecule has 0 spiro atoms. The lowest BCUT2D eigenvalue weighted by atomic mass is 9.95. The number of aromatic nitrogens is 2. The number of hydrogen-bond acceptors (Lipinski definition) is 2. The fraction of sp³-hybridized carbons (Fsp3) is 0.269. The number of aryl methyl sites for hydroxylation is 3. The van der Waals surface area contributed by atoms with Gasteiger partial charge in [0.25, 0.3) is 0 Å². The molecule has 0 aliphatic heterocycles. The molecular weight excluding hydrogens is 436 g/mol. The number of nitrogens with zero attached hydrogens (tertiary/aromatic N) is 2. The van der Waals surface area contributed by atoms with E-state index in [1.165, 1.54) is 22.4 Å². The Bertz CT molecular complexity index is 1220. The Labute approximate surface area is 186 Å². The number of fused-ring (bicyclic) bond motifs is 1. The molecule has 0 radical (unpaired) electrons. The van der Waals surface area contributed by atoms with Gasteiger partial charge in [-0.15, -0.1) is 0 Å². The first-order valence-corrected chi connectivity index (χ1v) is 11.3. The molecule has 0 aliphatic rings. The third-order valence-electron chi connectivity index (χ3n) is 5.88. The maximum atomic E-state index is 10.7. The first kappa shape index (κ1) is 20.7. The van der Waals surface area contributed by atoms with Gasteiger partial charge in [-0.3, -0.25) is 0 Å². The molecule has 1 heterocycles. The molecule has 0 bridgehead atoms. The Morgan fingerprint density at radius 1 is 0.933 bits per heavy atom. The Hall–Kier alpha value is -2.59. The lowest BCUT2D eigenvalue weighted by Crippen LogP contribution is -2.07. The van der Waals surface area contributed by atoms with E-state index in [4.69, 9.17) is 5.10 Å². The minimum atomic E-state index is 0.349. The molecule has 1 aromatic heterocycles. The van der Waals surface area contributed by atoms with Gasteiger partial charge in [-0.1, -0.05) is 60.1 Å². The molecule has 4 aromatic rings. The van der Waals surface area contributed by atoms with Gasteiger partial charge in [-0.05, 0) is 66.8 Å². The van der Waals surface area contributed by atoms with Crippen molar-refractivity contribution in [1.82, 2.24) is 9.78 Å². The SMILES string of the molecule is CCc1nn(-c2c(C)cc(Br)cc2C)c(CC)c1Cc1c(O)ccc2ccccc12. The molecular formula is C26H27BrN2O. The Balaban J connectivity index is 1.92. The van der Waals surface area contributed by atoms with E-state index >= 15 is 0 Å². The van der Waals surface area contributed by atoms with Crippen LogP contribution < -0.4 is 0 Å². The van der Waals surface area contributed by atoms with E-state index in [-0.39, 0.29) is 0 Å². The van der Waals surface area contributed by atoms with Crippen molar-refractivity contribution in [2.75, 3.05) is 0 Å². The highest BCUT2D eigenvalue weighted by Gasteiger charge is 2.21. The zero-order valence-electron chi connectivity index (χ0n) is 18.0. The van der Waals surface area contributed by atoms with Crippen LogP contribution in [0.5, 0.6) is 5.75 Å². The summed E-state index contributed by atoms with van der Waals surface area (Å²) in [6.07, 6.45) is 2.41. The Morgan fingerprint density at radius 3 is 2.30 bits per heavy atom. The summed E-state index contributed by atoms with van der Waals surface area (Å²) in [5, 5.41) is 18.0. The number of benzene rings is 3. The zero-order valence-corrected chi connectivity index (χ0v) is 19.5. The van der Waals surface area contributed by atoms with Crippen LogP contribution in [-0.4, -0.2) is 14.9 Å². The van der Waals surface area contributed by atoms with E-state index in [9.17, 15) is 5.11 Å². The van der Waals surface area contributed by atoms with Crippen LogP contribution in [0.25, 0.3) is 16.5 Å². The maximum Gasteiger partial charge on any atom is 0.119 e. The molecule has 30 heavy (non-hydrogen) atoms. The fourth-order valence-electron chi connectivity index (χ4n) is 4.50. The summed E-state index contributed by atoms with van der Waals surface area (Å²) in [5.74, 6) is 0.349. The number of phenolic OH excluding ortho intramolecular Hbond substituents is 1. The summed E-state index contributed by atoms with van der Waals surface area (Å²) in [7, 11) is 0. The summed E-state index contributed by atoms with van der Waals surface area (Å²) in [6.45, 7) is 8.61. The van der Waals surface area contributed by atoms with Crippen LogP contribution in [0.2, 0.25) is 0 Å². The van der Waals surface area contributed by atoms with Gasteiger partial charge in [0, 0.05) is 27.7 Å². The van der Waals surface area contributed by atoms with Crippen molar-refractivity contribution in [2.45, 2.75) is 47.0 Å². The third kappa shape index (κ3) is 3.54. The van der Waals surface area contributed by atoms with E-state index in [1.54, 1.807) is 0 Å². The van der Waals surface area contributed by atoms with Crippen molar-refractivity contribution in [1.29, 1.82) is 0 Å². The van der Waals surface area contributed by atoms with Crippen LogP contribution in [0.1, 0.15) is 47.5 Å². The van der Waals surface area contributed by atoms with Crippen molar-refractivity contribution in [3.05, 3.63) is 86.6 Å². The van der Waals surface area contributed by atoms with Crippen LogP contribution in [0.3, 0.4) is 0 Å². The lowest BCUT2D eigenvalue weighted by molar-refractivity contribution is 0.470. The summed E-state index contributed by atoms with van der Waals surface area (Å²) in [4.78, 5) is 0. The summed E-state index contributed by atoms with van der Waals surface area (Å²) in [6, 6.07) is 16.3. The van der Waals surface area contributed by atoms with Crippen LogP contribution in [0, 0.1) is 13.8 Å². The van der Waals surface area contributed by atoms with E-state index in [2.05, 4.69) is 72.6 Å². The topological polar surface area (TPSA) is 38.0 Å². The third-order valence-corrected chi connectivity index (χ3v) is 6.34. The Kier molecular flexibility index (Phi) is 5.70. The van der Waals surface area contributed by atoms with E-state index in [1.807, 2.05) is 24.3 Å². The van der Waals surface area contributed by atoms with E-state index < -0.39 is 0 Å². The number of rotatable bonds is 5. The highest BCUT2D eigenvalue weighted by molar-refractivity contribution is 9.10. The van der Waals surface area contributed by atoms with Gasteiger partial charge in [0.15, 0.2) is 0 Å². The highest BCUT2D eigenvalue weighted by atomic mass is 79.9. The molecule has 3 nitrogen and oxygen atoms in total. The van der Waals surface area contributed by atoms with Crippen molar-refractivity contribution in [3.63, 3.8) is 0 Å². The van der Waals surface area contributed by atoms with Crippen molar-refractivity contribution < 1.29 is 5.11 Å². The molecule has 154 valence electrons. The number of hydrogen-bond donors (Lipinski definition) is 1. The molecule has 0 atom stereocenters. The van der Waals surface area contributed by atoms with Gasteiger partial charge in [-0.2, -0.15) is 5.10 Å². The van der Waals surface area contributed by atoms with Crippen LogP contribution >= 0.6 is 15.9 Å². The molecule has 0 fully saturated rings. The molecule has 0 aliphatic carbocycles. The molecule has 3 aromatic carbocycles. The van der Waals surface area contributed by atoms with Gasteiger partial charge in [0.2, 0.25) is 0 Å². The summed E-state index contributed by atoms with van der Waals surface area (Å²) in [5.41, 5.74) is 8.06. The predicted octanol–water partition coefficient (Wildman–Crippen LogP) is 6.83. The zero-order chi connectivity index (χ0) is 21.4. The molecule has 1 N–H and O–H groups in total. The minimum Gasteiger partial charge on any atom is -0.508 e. The predicted molar refractivity (Wildman–Crippen MR) is 128 cm³/mol. The average molecular weight is 463 g/mol. The van der Waals surface area contributed by atoms with Crippen LogP contribution in [-0.2, 0) is 19.3 Å². The number of halogens is 1. The van der Waals surface area contributed by atoms with Gasteiger partial charge < -0.3 is 5.11 Å². The van der Waals surface area contributed by atoms with E-state index in [0.717, 1.165) is 45.0 Å². The average Bonchev–Trinajstić information content (AvgIpc) is 3.06. The van der Waals surface area contributed by atoms with Gasteiger partial charge in [-0.25, -0.2) is 4.68 Å². The fourth-order valence-corrected chi connectivity index (χ4v) is 5.18. The normalized spacial score (nSPS) is 11.4. The quantitative estimate of drug-likeness (QED) is 0.353. The molecule has 0 unspecified atom stereocenters. The van der Waals surface area contributed by atoms with Crippen molar-refractivity contribution >= 4 is 26.7 Å². The monoisotopic (exact) mass is 462 g/mol. The number of aromatic hydroxyl groups is 1. The lowest BCUT2D eigenvalue weighted by Gasteiger charge is -2.15. The van der Waals surface area contributed by atoms with Gasteiger partial charge in [0.05, 0.1) is 11.4 Å². The second-order valence-electron chi connectivity index (χ2n) is 7.84. The largest absolute Gasteiger partial charge is 0.508 e. The van der Waals surface area contributed by atoms with Crippen molar-refractivity contribution in [3.8, 4) is 11.4 Å². The standard InChI is InChI=1S/C26H27BrN2O/c1-5-23-22(15-21-20-10-8-7-9-18(20)11-12-25(21)30)24(6-2)29(28-23)26-16(3)13-19(27)14-17(26)4/h7-14,30H,5-6,15H2,1-4H3. The van der Waals surface area contributed by atoms with Crippen LogP contribution in [0.15, 0.2) is 53.0 Å². The highest BCUT2D eigenvalue weighted by Crippen LogP contribution is 2.33. The minimum absolute atomic E-state index is 0.349. The molecule has 4 rings (SSSR count). The number of phenols is 1. The van der Waals surface area contributed by atoms with Gasteiger partial charge in [0.1, 0.15) is 5.75 Å². The second-order valence-corrected chi connectivity index (χ2v) is 8.76. The first-order valence-electron chi connectivity index (χ1n) is 10.5. The maximum absolute atomic E-state index is 10.7.